The van der Waals surface area contributed by atoms with Crippen molar-refractivity contribution in [3.63, 3.8) is 0 Å². The van der Waals surface area contributed by atoms with E-state index in [2.05, 4.69) is 15.6 Å². The second-order valence-electron chi connectivity index (χ2n) is 6.73. The lowest BCUT2D eigenvalue weighted by Gasteiger charge is -2.12. The van der Waals surface area contributed by atoms with Crippen LogP contribution in [0, 0.1) is 0 Å². The zero-order chi connectivity index (χ0) is 18.6. The molecule has 4 rings (SSSR count). The maximum Gasteiger partial charge on any atom is 0.270 e. The molecule has 2 N–H and O–H groups in total. The lowest BCUT2D eigenvalue weighted by molar-refractivity contribution is 0.0931. The van der Waals surface area contributed by atoms with Crippen molar-refractivity contribution in [2.45, 2.75) is 38.3 Å². The molecule has 2 heterocycles. The molecule has 0 radical (unpaired) electrons. The molecular weight excluding hydrogens is 346 g/mol. The number of ether oxygens (including phenoxy) is 2. The minimum Gasteiger partial charge on any atom is -0.454 e. The van der Waals surface area contributed by atoms with Crippen LogP contribution in [0.15, 0.2) is 36.4 Å². The predicted octanol–water partition coefficient (Wildman–Crippen LogP) is 2.41. The summed E-state index contributed by atoms with van der Waals surface area (Å²) in [5.41, 5.74) is 1.37. The Balaban J connectivity index is 1.37. The van der Waals surface area contributed by atoms with Gasteiger partial charge in [0, 0.05) is 12.6 Å². The van der Waals surface area contributed by atoms with Crippen LogP contribution >= 0.6 is 0 Å². The first-order valence-corrected chi connectivity index (χ1v) is 9.14. The molecule has 2 amide bonds. The Morgan fingerprint density at radius 2 is 1.74 bits per heavy atom. The lowest BCUT2D eigenvalue weighted by Crippen LogP contribution is -2.33. The van der Waals surface area contributed by atoms with Crippen LogP contribution in [0.25, 0.3) is 0 Å². The van der Waals surface area contributed by atoms with E-state index in [-0.39, 0.29) is 36.0 Å². The summed E-state index contributed by atoms with van der Waals surface area (Å²) in [6.45, 7) is 0.542. The van der Waals surface area contributed by atoms with Crippen molar-refractivity contribution >= 4 is 11.8 Å². The normalized spacial score (nSPS) is 15.6. The van der Waals surface area contributed by atoms with Crippen molar-refractivity contribution in [1.82, 2.24) is 15.6 Å². The largest absolute Gasteiger partial charge is 0.454 e. The quantitative estimate of drug-likeness (QED) is 0.847. The smallest absolute Gasteiger partial charge is 0.270 e. The van der Waals surface area contributed by atoms with Gasteiger partial charge in [-0.25, -0.2) is 4.98 Å². The summed E-state index contributed by atoms with van der Waals surface area (Å²) in [6.07, 6.45) is 4.28. The standard InChI is InChI=1S/C20H21N3O4/c24-19(21-11-13-8-9-17-18(10-13)27-12-26-17)15-6-3-7-16(23-15)20(25)22-14-4-1-2-5-14/h3,6-10,14H,1-2,4-5,11-12H2,(H,21,24)(H,22,25). The van der Waals surface area contributed by atoms with Crippen LogP contribution in [-0.2, 0) is 6.54 Å². The molecule has 1 saturated carbocycles. The summed E-state index contributed by atoms with van der Waals surface area (Å²) >= 11 is 0. The van der Waals surface area contributed by atoms with E-state index in [0.29, 0.717) is 18.0 Å². The first-order valence-electron chi connectivity index (χ1n) is 9.14. The van der Waals surface area contributed by atoms with Gasteiger partial charge >= 0.3 is 0 Å². The van der Waals surface area contributed by atoms with E-state index in [1.807, 2.05) is 18.2 Å². The van der Waals surface area contributed by atoms with E-state index < -0.39 is 0 Å². The molecule has 1 aromatic heterocycles. The molecule has 0 bridgehead atoms. The molecule has 0 saturated heterocycles. The second-order valence-corrected chi connectivity index (χ2v) is 6.73. The van der Waals surface area contributed by atoms with Gasteiger partial charge in [-0.2, -0.15) is 0 Å². The van der Waals surface area contributed by atoms with Gasteiger partial charge < -0.3 is 20.1 Å². The Kier molecular flexibility index (Phi) is 4.91. The number of carbonyl (C=O) groups excluding carboxylic acids is 2. The number of hydrogen-bond acceptors (Lipinski definition) is 5. The maximum absolute atomic E-state index is 12.4. The van der Waals surface area contributed by atoms with Gasteiger partial charge in [-0.05, 0) is 42.7 Å². The second kappa shape index (κ2) is 7.65. The first kappa shape index (κ1) is 17.3. The number of hydrogen-bond donors (Lipinski definition) is 2. The summed E-state index contributed by atoms with van der Waals surface area (Å²) < 4.78 is 10.6. The molecule has 7 nitrogen and oxygen atoms in total. The van der Waals surface area contributed by atoms with Gasteiger partial charge in [0.15, 0.2) is 11.5 Å². The minimum atomic E-state index is -0.330. The highest BCUT2D eigenvalue weighted by Crippen LogP contribution is 2.32. The van der Waals surface area contributed by atoms with Gasteiger partial charge in [-0.3, -0.25) is 9.59 Å². The third-order valence-corrected chi connectivity index (χ3v) is 4.79. The van der Waals surface area contributed by atoms with E-state index in [9.17, 15) is 9.59 Å². The molecule has 2 aromatic rings. The predicted molar refractivity (Wildman–Crippen MR) is 97.7 cm³/mol. The highest BCUT2D eigenvalue weighted by atomic mass is 16.7. The van der Waals surface area contributed by atoms with Crippen LogP contribution in [0.1, 0.15) is 52.2 Å². The highest BCUT2D eigenvalue weighted by molar-refractivity contribution is 5.96. The lowest BCUT2D eigenvalue weighted by atomic mass is 10.2. The summed E-state index contributed by atoms with van der Waals surface area (Å²) in [7, 11) is 0. The van der Waals surface area contributed by atoms with E-state index in [1.54, 1.807) is 18.2 Å². The van der Waals surface area contributed by atoms with Gasteiger partial charge in [-0.15, -0.1) is 0 Å². The molecule has 0 unspecified atom stereocenters. The molecule has 2 aliphatic rings. The highest BCUT2D eigenvalue weighted by Gasteiger charge is 2.19. The Labute approximate surface area is 157 Å². The van der Waals surface area contributed by atoms with Crippen LogP contribution < -0.4 is 20.1 Å². The number of nitrogens with zero attached hydrogens (tertiary/aromatic N) is 1. The fourth-order valence-electron chi connectivity index (χ4n) is 3.34. The summed E-state index contributed by atoms with van der Waals surface area (Å²) in [6, 6.07) is 10.6. The summed E-state index contributed by atoms with van der Waals surface area (Å²) in [5, 5.41) is 5.80. The molecule has 1 aliphatic heterocycles. The summed E-state index contributed by atoms with van der Waals surface area (Å²) in [5.74, 6) is 0.814. The number of carbonyl (C=O) groups is 2. The monoisotopic (exact) mass is 367 g/mol. The number of rotatable bonds is 5. The van der Waals surface area contributed by atoms with Gasteiger partial charge in [-0.1, -0.05) is 25.0 Å². The van der Waals surface area contributed by atoms with Crippen molar-refractivity contribution < 1.29 is 19.1 Å². The third-order valence-electron chi connectivity index (χ3n) is 4.79. The molecule has 7 heteroatoms. The van der Waals surface area contributed by atoms with E-state index >= 15 is 0 Å². The zero-order valence-electron chi connectivity index (χ0n) is 14.9. The van der Waals surface area contributed by atoms with Crippen molar-refractivity contribution in [2.75, 3.05) is 6.79 Å². The van der Waals surface area contributed by atoms with Gasteiger partial charge in [0.05, 0.1) is 0 Å². The van der Waals surface area contributed by atoms with E-state index in [1.165, 1.54) is 0 Å². The Morgan fingerprint density at radius 3 is 2.56 bits per heavy atom. The fraction of sp³-hybridized carbons (Fsp3) is 0.350. The maximum atomic E-state index is 12.4. The van der Waals surface area contributed by atoms with Gasteiger partial charge in [0.25, 0.3) is 11.8 Å². The number of benzene rings is 1. The number of nitrogens with one attached hydrogen (secondary N) is 2. The Hall–Kier alpha value is -3.09. The molecule has 140 valence electrons. The number of pyridine rings is 1. The molecule has 1 fully saturated rings. The average molecular weight is 367 g/mol. The van der Waals surface area contributed by atoms with Crippen molar-refractivity contribution in [2.24, 2.45) is 0 Å². The first-order chi connectivity index (χ1) is 13.2. The van der Waals surface area contributed by atoms with Crippen LogP contribution in [0.4, 0.5) is 0 Å². The Bertz CT molecular complexity index is 862. The minimum absolute atomic E-state index is 0.211. The van der Waals surface area contributed by atoms with Crippen LogP contribution in [-0.4, -0.2) is 29.6 Å². The van der Waals surface area contributed by atoms with Crippen LogP contribution in [0.5, 0.6) is 11.5 Å². The Morgan fingerprint density at radius 1 is 1.00 bits per heavy atom. The van der Waals surface area contributed by atoms with Crippen LogP contribution in [0.2, 0.25) is 0 Å². The molecular formula is C20H21N3O4. The van der Waals surface area contributed by atoms with Crippen molar-refractivity contribution in [3.05, 3.63) is 53.3 Å². The van der Waals surface area contributed by atoms with Crippen LogP contribution in [0.3, 0.4) is 0 Å². The van der Waals surface area contributed by atoms with E-state index in [0.717, 1.165) is 31.2 Å². The molecule has 1 aliphatic carbocycles. The summed E-state index contributed by atoms with van der Waals surface area (Å²) in [4.78, 5) is 29.0. The van der Waals surface area contributed by atoms with Crippen molar-refractivity contribution in [3.8, 4) is 11.5 Å². The molecule has 27 heavy (non-hydrogen) atoms. The third kappa shape index (κ3) is 4.02. The van der Waals surface area contributed by atoms with Crippen molar-refractivity contribution in [1.29, 1.82) is 0 Å². The SMILES string of the molecule is O=C(NCc1ccc2c(c1)OCO2)c1cccc(C(=O)NC2CCCC2)n1. The number of amides is 2. The number of aromatic nitrogens is 1. The van der Waals surface area contributed by atoms with Gasteiger partial charge in [0.2, 0.25) is 6.79 Å². The number of fused-ring (bicyclic) bond motifs is 1. The van der Waals surface area contributed by atoms with E-state index in [4.69, 9.17) is 9.47 Å². The molecule has 0 spiro atoms. The fourth-order valence-corrected chi connectivity index (χ4v) is 3.34. The average Bonchev–Trinajstić information content (AvgIpc) is 3.37. The topological polar surface area (TPSA) is 89.5 Å². The molecule has 1 aromatic carbocycles. The molecule has 0 atom stereocenters. The van der Waals surface area contributed by atoms with Gasteiger partial charge in [0.1, 0.15) is 11.4 Å². The zero-order valence-corrected chi connectivity index (χ0v) is 14.9.